The topological polar surface area (TPSA) is 92.6 Å². The van der Waals surface area contributed by atoms with Gasteiger partial charge >= 0.3 is 0 Å². The molecule has 7 nitrogen and oxygen atoms in total. The zero-order valence-electron chi connectivity index (χ0n) is 8.75. The Morgan fingerprint density at radius 3 is 2.47 bits per heavy atom. The molecule has 0 aliphatic carbocycles. The molecule has 1 aromatic rings. The minimum Gasteiger partial charge on any atom is -0.345 e. The lowest BCUT2D eigenvalue weighted by molar-refractivity contribution is -0.384. The van der Waals surface area contributed by atoms with Crippen molar-refractivity contribution in [3.8, 4) is 0 Å². The highest BCUT2D eigenvalue weighted by molar-refractivity contribution is 6.04. The molecule has 17 heavy (non-hydrogen) atoms. The molecule has 0 radical (unpaired) electrons. The van der Waals surface area contributed by atoms with E-state index in [0.717, 1.165) is 0 Å². The first-order valence-electron chi connectivity index (χ1n) is 4.89. The molecule has 0 spiro atoms. The molecule has 2 amide bonds. The first-order valence-corrected chi connectivity index (χ1v) is 4.89. The second kappa shape index (κ2) is 4.20. The molecule has 1 aliphatic heterocycles. The zero-order chi connectivity index (χ0) is 12.4. The van der Waals surface area contributed by atoms with Gasteiger partial charge in [-0.25, -0.2) is 0 Å². The molecule has 1 aliphatic rings. The Bertz CT molecular complexity index is 483. The minimum atomic E-state index is -0.519. The van der Waals surface area contributed by atoms with Gasteiger partial charge < -0.3 is 10.2 Å². The van der Waals surface area contributed by atoms with Gasteiger partial charge in [0.2, 0.25) is 11.8 Å². The highest BCUT2D eigenvalue weighted by atomic mass is 16.6. The van der Waals surface area contributed by atoms with Gasteiger partial charge in [0.25, 0.3) is 5.69 Å². The first kappa shape index (κ1) is 11.1. The summed E-state index contributed by atoms with van der Waals surface area (Å²) in [6.45, 7) is -0.105. The van der Waals surface area contributed by atoms with Crippen LogP contribution in [0.1, 0.15) is 0 Å². The molecule has 88 valence electrons. The van der Waals surface area contributed by atoms with Crippen LogP contribution in [0.15, 0.2) is 24.3 Å². The van der Waals surface area contributed by atoms with Gasteiger partial charge in [-0.3, -0.25) is 19.7 Å². The molecule has 1 fully saturated rings. The summed E-state index contributed by atoms with van der Waals surface area (Å²) < 4.78 is 0. The van der Waals surface area contributed by atoms with Crippen molar-refractivity contribution in [2.24, 2.45) is 0 Å². The summed E-state index contributed by atoms with van der Waals surface area (Å²) in [7, 11) is 0. The predicted octanol–water partition coefficient (Wildman–Crippen LogP) is 0.0576. The van der Waals surface area contributed by atoms with E-state index in [1.807, 2.05) is 0 Å². The third kappa shape index (κ3) is 2.22. The van der Waals surface area contributed by atoms with Crippen molar-refractivity contribution in [1.82, 2.24) is 5.32 Å². The molecule has 0 aromatic heterocycles. The molecule has 0 bridgehead atoms. The van der Waals surface area contributed by atoms with Crippen LogP contribution in [0, 0.1) is 10.1 Å². The number of anilines is 1. The quantitative estimate of drug-likeness (QED) is 0.579. The Balaban J connectivity index is 2.24. The van der Waals surface area contributed by atoms with E-state index in [1.54, 1.807) is 0 Å². The average Bonchev–Trinajstić information content (AvgIpc) is 2.32. The predicted molar refractivity (Wildman–Crippen MR) is 58.5 cm³/mol. The van der Waals surface area contributed by atoms with E-state index >= 15 is 0 Å². The van der Waals surface area contributed by atoms with Gasteiger partial charge in [-0.05, 0) is 12.1 Å². The molecular formula is C10H9N3O4. The number of nitrogens with one attached hydrogen (secondary N) is 1. The number of amides is 2. The standard InChI is InChI=1S/C10H9N3O4/c14-9-6-12(10(15)5-11-9)7-1-3-8(4-2-7)13(16)17/h1-4H,5-6H2,(H,11,14). The van der Waals surface area contributed by atoms with Gasteiger partial charge in [-0.2, -0.15) is 0 Å². The summed E-state index contributed by atoms with van der Waals surface area (Å²) in [6, 6.07) is 5.51. The summed E-state index contributed by atoms with van der Waals surface area (Å²) in [5, 5.41) is 12.9. The summed E-state index contributed by atoms with van der Waals surface area (Å²) in [5.41, 5.74) is 0.429. The normalized spacial score (nSPS) is 15.6. The minimum absolute atomic E-state index is 0.0458. The maximum Gasteiger partial charge on any atom is 0.269 e. The van der Waals surface area contributed by atoms with E-state index in [9.17, 15) is 19.7 Å². The molecule has 0 unspecified atom stereocenters. The SMILES string of the molecule is O=C1CN(c2ccc([N+](=O)[O-])cc2)C(=O)CN1. The van der Waals surface area contributed by atoms with E-state index in [2.05, 4.69) is 5.32 Å². The summed E-state index contributed by atoms with van der Waals surface area (Å²) in [6.07, 6.45) is 0. The Morgan fingerprint density at radius 2 is 1.88 bits per heavy atom. The second-order valence-electron chi connectivity index (χ2n) is 3.53. The number of nitrogens with zero attached hydrogens (tertiary/aromatic N) is 2. The van der Waals surface area contributed by atoms with Crippen LogP contribution in [0.25, 0.3) is 0 Å². The maximum atomic E-state index is 11.5. The van der Waals surface area contributed by atoms with Gasteiger partial charge in [0.1, 0.15) is 6.54 Å². The summed E-state index contributed by atoms with van der Waals surface area (Å²) >= 11 is 0. The van der Waals surface area contributed by atoms with Crippen molar-refractivity contribution < 1.29 is 14.5 Å². The summed E-state index contributed by atoms with van der Waals surface area (Å²) in [5.74, 6) is -0.485. The number of rotatable bonds is 2. The Morgan fingerprint density at radius 1 is 1.24 bits per heavy atom. The number of carbonyl (C=O) groups excluding carboxylic acids is 2. The number of piperazine rings is 1. The van der Waals surface area contributed by atoms with Gasteiger partial charge in [-0.1, -0.05) is 0 Å². The highest BCUT2D eigenvalue weighted by Gasteiger charge is 2.24. The van der Waals surface area contributed by atoms with Crippen LogP contribution < -0.4 is 10.2 Å². The lowest BCUT2D eigenvalue weighted by Gasteiger charge is -2.26. The van der Waals surface area contributed by atoms with Gasteiger partial charge in [0, 0.05) is 17.8 Å². The first-order chi connectivity index (χ1) is 8.08. The molecule has 0 atom stereocenters. The van der Waals surface area contributed by atoms with Crippen LogP contribution in [0.2, 0.25) is 0 Å². The van der Waals surface area contributed by atoms with Crippen LogP contribution in [0.5, 0.6) is 0 Å². The number of non-ortho nitro benzene ring substituents is 1. The third-order valence-corrected chi connectivity index (χ3v) is 2.41. The van der Waals surface area contributed by atoms with Crippen molar-refractivity contribution in [1.29, 1.82) is 0 Å². The van der Waals surface area contributed by atoms with Crippen molar-refractivity contribution in [2.45, 2.75) is 0 Å². The largest absolute Gasteiger partial charge is 0.345 e. The Kier molecular flexibility index (Phi) is 2.73. The number of hydrogen-bond acceptors (Lipinski definition) is 4. The van der Waals surface area contributed by atoms with Gasteiger partial charge in [0.05, 0.1) is 11.5 Å². The molecule has 7 heteroatoms. The second-order valence-corrected chi connectivity index (χ2v) is 3.53. The lowest BCUT2D eigenvalue weighted by Crippen LogP contribution is -2.51. The van der Waals surface area contributed by atoms with Crippen LogP contribution in [-0.4, -0.2) is 29.8 Å². The molecular weight excluding hydrogens is 226 g/mol. The van der Waals surface area contributed by atoms with E-state index in [4.69, 9.17) is 0 Å². The number of carbonyl (C=O) groups is 2. The van der Waals surface area contributed by atoms with Crippen molar-refractivity contribution in [2.75, 3.05) is 18.0 Å². The van der Waals surface area contributed by atoms with Crippen LogP contribution in [0.3, 0.4) is 0 Å². The van der Waals surface area contributed by atoms with E-state index < -0.39 is 4.92 Å². The van der Waals surface area contributed by atoms with E-state index in [1.165, 1.54) is 29.2 Å². The Labute approximate surface area is 96.2 Å². The molecule has 1 N–H and O–H groups in total. The fourth-order valence-corrected chi connectivity index (χ4v) is 1.55. The van der Waals surface area contributed by atoms with E-state index in [0.29, 0.717) is 5.69 Å². The third-order valence-electron chi connectivity index (χ3n) is 2.41. The smallest absolute Gasteiger partial charge is 0.269 e. The number of nitro benzene ring substituents is 1. The van der Waals surface area contributed by atoms with Gasteiger partial charge in [0.15, 0.2) is 0 Å². The average molecular weight is 235 g/mol. The molecule has 1 saturated heterocycles. The number of benzene rings is 1. The highest BCUT2D eigenvalue weighted by Crippen LogP contribution is 2.20. The fraction of sp³-hybridized carbons (Fsp3) is 0.200. The van der Waals surface area contributed by atoms with Crippen molar-refractivity contribution in [3.63, 3.8) is 0 Å². The number of nitro groups is 1. The van der Waals surface area contributed by atoms with E-state index in [-0.39, 0.29) is 30.6 Å². The lowest BCUT2D eigenvalue weighted by atomic mass is 10.2. The molecule has 2 rings (SSSR count). The van der Waals surface area contributed by atoms with Crippen LogP contribution in [-0.2, 0) is 9.59 Å². The fourth-order valence-electron chi connectivity index (χ4n) is 1.55. The number of hydrogen-bond donors (Lipinski definition) is 1. The Hall–Kier alpha value is -2.44. The van der Waals surface area contributed by atoms with Gasteiger partial charge in [-0.15, -0.1) is 0 Å². The van der Waals surface area contributed by atoms with Crippen molar-refractivity contribution >= 4 is 23.2 Å². The molecule has 1 heterocycles. The van der Waals surface area contributed by atoms with Crippen LogP contribution in [0.4, 0.5) is 11.4 Å². The molecule has 1 aromatic carbocycles. The monoisotopic (exact) mass is 235 g/mol. The van der Waals surface area contributed by atoms with Crippen molar-refractivity contribution in [3.05, 3.63) is 34.4 Å². The summed E-state index contributed by atoms with van der Waals surface area (Å²) in [4.78, 5) is 33.9. The maximum absolute atomic E-state index is 11.5. The molecule has 0 saturated carbocycles. The zero-order valence-corrected chi connectivity index (χ0v) is 8.75. The van der Waals surface area contributed by atoms with Crippen LogP contribution >= 0.6 is 0 Å².